The number of carbonyl (C=O) groups is 1. The van der Waals surface area contributed by atoms with Crippen molar-refractivity contribution >= 4 is 33.4 Å². The molecule has 3 aliphatic heterocycles. The standard InChI is InChI=1S/C34H33F2N5O3/c1-3-24-28(36)9-6-21-14-23(42)15-27(30(21)24)25-7-8-26-31(20(25)2)38-33(39-32(26)40-12-5-11-37-29(43)18-40)44-19-34-10-4-13-41(34)17-22(35)16-34/h1,6-9,14-15,22,42H,4-5,10-13,16-19H2,2H3,(H,37,43). The molecular formula is C34H33F2N5O3. The minimum Gasteiger partial charge on any atom is -0.508 e. The second kappa shape index (κ2) is 10.9. The number of alkyl halides is 1. The lowest BCUT2D eigenvalue weighted by atomic mass is 9.91. The van der Waals surface area contributed by atoms with E-state index in [0.717, 1.165) is 36.8 Å². The van der Waals surface area contributed by atoms with Gasteiger partial charge in [-0.05, 0) is 79.1 Å². The molecule has 3 fully saturated rings. The zero-order valence-electron chi connectivity index (χ0n) is 24.5. The quantitative estimate of drug-likeness (QED) is 0.318. The van der Waals surface area contributed by atoms with Crippen LogP contribution in [0.5, 0.6) is 11.8 Å². The van der Waals surface area contributed by atoms with Crippen LogP contribution >= 0.6 is 0 Å². The minimum atomic E-state index is -0.887. The van der Waals surface area contributed by atoms with Crippen molar-refractivity contribution in [1.82, 2.24) is 20.2 Å². The maximum atomic E-state index is 14.9. The lowest BCUT2D eigenvalue weighted by Crippen LogP contribution is -2.43. The van der Waals surface area contributed by atoms with Crippen LogP contribution in [0.3, 0.4) is 0 Å². The summed E-state index contributed by atoms with van der Waals surface area (Å²) in [5, 5.41) is 15.4. The molecule has 4 aromatic rings. The molecule has 3 saturated heterocycles. The first-order valence-corrected chi connectivity index (χ1v) is 15.0. The average molecular weight is 598 g/mol. The van der Waals surface area contributed by atoms with Crippen molar-refractivity contribution in [2.75, 3.05) is 44.2 Å². The number of rotatable bonds is 5. The number of anilines is 1. The molecule has 8 nitrogen and oxygen atoms in total. The van der Waals surface area contributed by atoms with Gasteiger partial charge in [-0.15, -0.1) is 6.42 Å². The number of benzene rings is 3. The Bertz CT molecular complexity index is 1860. The number of hydrogen-bond acceptors (Lipinski definition) is 7. The highest BCUT2D eigenvalue weighted by molar-refractivity contribution is 6.05. The van der Waals surface area contributed by atoms with Crippen molar-refractivity contribution in [2.45, 2.75) is 44.3 Å². The summed E-state index contributed by atoms with van der Waals surface area (Å²) in [6.45, 7) is 4.74. The van der Waals surface area contributed by atoms with E-state index < -0.39 is 12.0 Å². The van der Waals surface area contributed by atoms with Crippen LogP contribution in [0, 0.1) is 25.1 Å². The number of nitrogens with one attached hydrogen (secondary N) is 1. The predicted molar refractivity (Wildman–Crippen MR) is 165 cm³/mol. The molecule has 0 radical (unpaired) electrons. The predicted octanol–water partition coefficient (Wildman–Crippen LogP) is 4.87. The van der Waals surface area contributed by atoms with Gasteiger partial charge < -0.3 is 20.1 Å². The highest BCUT2D eigenvalue weighted by Gasteiger charge is 2.49. The van der Waals surface area contributed by atoms with Crippen LogP contribution in [-0.2, 0) is 4.79 Å². The van der Waals surface area contributed by atoms with Gasteiger partial charge in [0.15, 0.2) is 0 Å². The molecule has 3 aliphatic rings. The number of aromatic nitrogens is 2. The Balaban J connectivity index is 1.39. The summed E-state index contributed by atoms with van der Waals surface area (Å²) in [5.74, 6) is 2.46. The van der Waals surface area contributed by atoms with Crippen molar-refractivity contribution in [3.8, 4) is 35.2 Å². The monoisotopic (exact) mass is 597 g/mol. The van der Waals surface area contributed by atoms with Gasteiger partial charge in [-0.1, -0.05) is 18.1 Å². The van der Waals surface area contributed by atoms with Gasteiger partial charge in [0, 0.05) is 36.8 Å². The molecule has 4 heterocycles. The highest BCUT2D eigenvalue weighted by atomic mass is 19.1. The summed E-state index contributed by atoms with van der Waals surface area (Å²) in [6.07, 6.45) is 7.87. The van der Waals surface area contributed by atoms with Crippen LogP contribution < -0.4 is 15.0 Å². The molecule has 0 bridgehead atoms. The molecule has 2 N–H and O–H groups in total. The first-order chi connectivity index (χ1) is 21.3. The van der Waals surface area contributed by atoms with E-state index in [9.17, 15) is 18.7 Å². The summed E-state index contributed by atoms with van der Waals surface area (Å²) in [7, 11) is 0. The molecule has 1 aromatic heterocycles. The molecule has 0 spiro atoms. The molecule has 1 amide bonds. The Kier molecular flexibility index (Phi) is 7.01. The Labute approximate surface area is 254 Å². The molecule has 226 valence electrons. The number of hydrogen-bond donors (Lipinski definition) is 2. The Morgan fingerprint density at radius 3 is 2.89 bits per heavy atom. The van der Waals surface area contributed by atoms with Gasteiger partial charge in [0.1, 0.15) is 30.2 Å². The van der Waals surface area contributed by atoms with E-state index >= 15 is 0 Å². The molecule has 10 heteroatoms. The molecule has 2 atom stereocenters. The third-order valence-corrected chi connectivity index (χ3v) is 9.36. The average Bonchev–Trinajstić information content (AvgIpc) is 3.43. The van der Waals surface area contributed by atoms with Crippen molar-refractivity contribution in [1.29, 1.82) is 0 Å². The van der Waals surface area contributed by atoms with Gasteiger partial charge in [0.05, 0.1) is 23.2 Å². The zero-order chi connectivity index (χ0) is 30.6. The number of fused-ring (bicyclic) bond motifs is 3. The topological polar surface area (TPSA) is 90.8 Å². The second-order valence-electron chi connectivity index (χ2n) is 12.1. The number of halogens is 2. The van der Waals surface area contributed by atoms with Crippen LogP contribution in [-0.4, -0.2) is 76.9 Å². The summed E-state index contributed by atoms with van der Waals surface area (Å²) in [5.41, 5.74) is 2.36. The Morgan fingerprint density at radius 2 is 2.05 bits per heavy atom. The van der Waals surface area contributed by atoms with Crippen LogP contribution in [0.15, 0.2) is 36.4 Å². The summed E-state index contributed by atoms with van der Waals surface area (Å²) >= 11 is 0. The lowest BCUT2D eigenvalue weighted by molar-refractivity contribution is -0.119. The summed E-state index contributed by atoms with van der Waals surface area (Å²) in [6, 6.07) is 9.95. The fourth-order valence-electron chi connectivity index (χ4n) is 7.31. The van der Waals surface area contributed by atoms with Crippen molar-refractivity contribution < 1.29 is 23.4 Å². The first-order valence-electron chi connectivity index (χ1n) is 15.0. The number of nitrogens with zero attached hydrogens (tertiary/aromatic N) is 4. The fraction of sp³-hybridized carbons (Fsp3) is 0.382. The SMILES string of the molecule is C#Cc1c(F)ccc2cc(O)cc(-c3ccc4c(N5CCCNC(=O)C5)nc(OCC56CCCN5CC(F)C6)nc4c3C)c12. The largest absolute Gasteiger partial charge is 0.508 e. The molecule has 0 saturated carbocycles. The van der Waals surface area contributed by atoms with E-state index in [1.54, 1.807) is 18.2 Å². The van der Waals surface area contributed by atoms with E-state index in [1.165, 1.54) is 6.07 Å². The first kappa shape index (κ1) is 28.3. The van der Waals surface area contributed by atoms with E-state index in [-0.39, 0.29) is 41.9 Å². The summed E-state index contributed by atoms with van der Waals surface area (Å²) in [4.78, 5) is 26.3. The number of aromatic hydroxyl groups is 1. The minimum absolute atomic E-state index is 0.0210. The van der Waals surface area contributed by atoms with Crippen molar-refractivity contribution in [3.63, 3.8) is 0 Å². The van der Waals surface area contributed by atoms with Crippen molar-refractivity contribution in [3.05, 3.63) is 53.3 Å². The maximum Gasteiger partial charge on any atom is 0.319 e. The van der Waals surface area contributed by atoms with Crippen LogP contribution in [0.25, 0.3) is 32.8 Å². The number of terminal acetylenes is 1. The number of carbonyl (C=O) groups excluding carboxylic acids is 1. The van der Waals surface area contributed by atoms with E-state index in [0.29, 0.717) is 59.3 Å². The summed E-state index contributed by atoms with van der Waals surface area (Å²) < 4.78 is 35.6. The van der Waals surface area contributed by atoms with E-state index in [1.807, 2.05) is 24.0 Å². The Morgan fingerprint density at radius 1 is 1.18 bits per heavy atom. The smallest absolute Gasteiger partial charge is 0.319 e. The van der Waals surface area contributed by atoms with Crippen molar-refractivity contribution in [2.24, 2.45) is 0 Å². The number of phenols is 1. The number of amides is 1. The third-order valence-electron chi connectivity index (χ3n) is 9.36. The van der Waals surface area contributed by atoms with Gasteiger partial charge in [-0.25, -0.2) is 8.78 Å². The van der Waals surface area contributed by atoms with E-state index in [2.05, 4.69) is 16.1 Å². The fourth-order valence-corrected chi connectivity index (χ4v) is 7.31. The third kappa shape index (κ3) is 4.76. The van der Waals surface area contributed by atoms with Crippen LogP contribution in [0.1, 0.15) is 36.8 Å². The maximum absolute atomic E-state index is 14.9. The molecule has 0 aliphatic carbocycles. The second-order valence-corrected chi connectivity index (χ2v) is 12.1. The van der Waals surface area contributed by atoms with E-state index in [4.69, 9.17) is 21.1 Å². The van der Waals surface area contributed by atoms with Gasteiger partial charge in [0.2, 0.25) is 5.91 Å². The molecule has 44 heavy (non-hydrogen) atoms. The number of phenolic OH excluding ortho intramolecular Hbond substituents is 1. The van der Waals surface area contributed by atoms with Gasteiger partial charge in [-0.3, -0.25) is 9.69 Å². The van der Waals surface area contributed by atoms with Gasteiger partial charge >= 0.3 is 6.01 Å². The van der Waals surface area contributed by atoms with Crippen LogP contribution in [0.4, 0.5) is 14.6 Å². The van der Waals surface area contributed by atoms with Gasteiger partial charge in [-0.2, -0.15) is 9.97 Å². The number of aryl methyl sites for hydroxylation is 1. The van der Waals surface area contributed by atoms with Gasteiger partial charge in [0.25, 0.3) is 0 Å². The lowest BCUT2D eigenvalue weighted by Gasteiger charge is -2.31. The molecule has 3 aromatic carbocycles. The van der Waals surface area contributed by atoms with Crippen LogP contribution in [0.2, 0.25) is 0 Å². The molecular weight excluding hydrogens is 564 g/mol. The highest BCUT2D eigenvalue weighted by Crippen LogP contribution is 2.42. The molecule has 7 rings (SSSR count). The normalized spacial score (nSPS) is 22.2. The molecule has 2 unspecified atom stereocenters. The Hall–Kier alpha value is -4.49. The number of ether oxygens (including phenoxy) is 1. The zero-order valence-corrected chi connectivity index (χ0v) is 24.5.